The molecule has 0 saturated heterocycles. The van der Waals surface area contributed by atoms with Crippen LogP contribution >= 0.6 is 31.9 Å². The van der Waals surface area contributed by atoms with E-state index in [2.05, 4.69) is 37.2 Å². The summed E-state index contributed by atoms with van der Waals surface area (Å²) < 4.78 is 36.3. The molecule has 0 aromatic heterocycles. The normalized spacial score (nSPS) is 14.5. The lowest BCUT2D eigenvalue weighted by Crippen LogP contribution is -2.53. The van der Waals surface area contributed by atoms with Crippen molar-refractivity contribution in [1.82, 2.24) is 10.2 Å². The molecule has 3 aromatic rings. The Morgan fingerprint density at radius 2 is 1.49 bits per heavy atom. The molecule has 11 heteroatoms. The molecule has 1 aliphatic carbocycles. The van der Waals surface area contributed by atoms with E-state index < -0.39 is 28.5 Å². The maximum atomic E-state index is 14.1. The molecule has 1 fully saturated rings. The van der Waals surface area contributed by atoms with E-state index in [1.807, 2.05) is 31.2 Å². The van der Waals surface area contributed by atoms with Crippen molar-refractivity contribution in [3.05, 3.63) is 87.3 Å². The third-order valence-electron chi connectivity index (χ3n) is 7.50. The predicted molar refractivity (Wildman–Crippen MR) is 175 cm³/mol. The van der Waals surface area contributed by atoms with Crippen LogP contribution < -0.4 is 14.4 Å². The quantitative estimate of drug-likeness (QED) is 0.224. The summed E-state index contributed by atoms with van der Waals surface area (Å²) in [5.74, 6) is -0.159. The average Bonchev–Trinajstić information content (AvgIpc) is 3.00. The van der Waals surface area contributed by atoms with E-state index in [0.29, 0.717) is 18.0 Å². The second kappa shape index (κ2) is 15.2. The molecule has 1 atom stereocenters. The van der Waals surface area contributed by atoms with E-state index in [4.69, 9.17) is 4.74 Å². The largest absolute Gasteiger partial charge is 0.494 e. The van der Waals surface area contributed by atoms with Crippen LogP contribution in [0.25, 0.3) is 0 Å². The Morgan fingerprint density at radius 3 is 2.07 bits per heavy atom. The second-order valence-corrected chi connectivity index (χ2v) is 14.3. The molecule has 0 unspecified atom stereocenters. The lowest BCUT2D eigenvalue weighted by Gasteiger charge is -2.33. The number of carbonyl (C=O) groups excluding carboxylic acids is 2. The minimum atomic E-state index is -4.15. The fraction of sp³-hybridized carbons (Fsp3) is 0.375. The Morgan fingerprint density at radius 1 is 0.907 bits per heavy atom. The van der Waals surface area contributed by atoms with Crippen LogP contribution in [0.15, 0.2) is 86.6 Å². The van der Waals surface area contributed by atoms with Gasteiger partial charge in [0.05, 0.1) is 17.2 Å². The predicted octanol–water partition coefficient (Wildman–Crippen LogP) is 6.67. The molecular weight excluding hydrogens is 698 g/mol. The molecule has 2 amide bonds. The Bertz CT molecular complexity index is 1480. The Balaban J connectivity index is 1.67. The molecule has 4 rings (SSSR count). The summed E-state index contributed by atoms with van der Waals surface area (Å²) in [5, 5.41) is 3.12. The van der Waals surface area contributed by atoms with E-state index >= 15 is 0 Å². The maximum Gasteiger partial charge on any atom is 0.264 e. The first-order chi connectivity index (χ1) is 20.6. The lowest BCUT2D eigenvalue weighted by molar-refractivity contribution is -0.139. The van der Waals surface area contributed by atoms with Crippen molar-refractivity contribution in [3.63, 3.8) is 0 Å². The van der Waals surface area contributed by atoms with Crippen LogP contribution in [0.2, 0.25) is 0 Å². The summed E-state index contributed by atoms with van der Waals surface area (Å²) in [5.41, 5.74) is 1.12. The number of ether oxygens (including phenoxy) is 1. The van der Waals surface area contributed by atoms with Crippen molar-refractivity contribution in [2.45, 2.75) is 69.5 Å². The first-order valence-corrected chi connectivity index (χ1v) is 17.5. The van der Waals surface area contributed by atoms with Gasteiger partial charge in [0.2, 0.25) is 11.8 Å². The van der Waals surface area contributed by atoms with Gasteiger partial charge in [-0.2, -0.15) is 0 Å². The zero-order chi connectivity index (χ0) is 31.0. The van der Waals surface area contributed by atoms with E-state index in [9.17, 15) is 18.0 Å². The molecule has 43 heavy (non-hydrogen) atoms. The number of benzene rings is 3. The minimum absolute atomic E-state index is 0.0416. The molecule has 0 spiro atoms. The SMILES string of the molecule is CCOc1ccc(N(CC(=O)N(Cc2ccc(Br)cc2)[C@@H](C)C(=O)NC2CCCCC2)S(=O)(=O)c2ccc(Br)cc2)cc1. The molecular formula is C32H37Br2N3O5S. The van der Waals surface area contributed by atoms with Crippen molar-refractivity contribution < 1.29 is 22.7 Å². The van der Waals surface area contributed by atoms with E-state index in [0.717, 1.165) is 50.9 Å². The number of carbonyl (C=O) groups is 2. The van der Waals surface area contributed by atoms with Crippen molar-refractivity contribution in [2.24, 2.45) is 0 Å². The number of rotatable bonds is 12. The maximum absolute atomic E-state index is 14.1. The number of anilines is 1. The number of hydrogen-bond acceptors (Lipinski definition) is 5. The van der Waals surface area contributed by atoms with E-state index in [1.54, 1.807) is 43.3 Å². The summed E-state index contributed by atoms with van der Waals surface area (Å²) >= 11 is 6.79. The molecule has 8 nitrogen and oxygen atoms in total. The molecule has 1 saturated carbocycles. The van der Waals surface area contributed by atoms with Gasteiger partial charge in [0.15, 0.2) is 0 Å². The van der Waals surface area contributed by atoms with Crippen LogP contribution in [-0.4, -0.2) is 50.4 Å². The summed E-state index contributed by atoms with van der Waals surface area (Å²) in [6.07, 6.45) is 5.11. The van der Waals surface area contributed by atoms with Crippen molar-refractivity contribution >= 4 is 59.4 Å². The van der Waals surface area contributed by atoms with Crippen molar-refractivity contribution in [2.75, 3.05) is 17.5 Å². The van der Waals surface area contributed by atoms with Gasteiger partial charge < -0.3 is 15.0 Å². The van der Waals surface area contributed by atoms with Crippen LogP contribution in [0.4, 0.5) is 5.69 Å². The van der Waals surface area contributed by atoms with Gasteiger partial charge in [-0.25, -0.2) is 8.42 Å². The summed E-state index contributed by atoms with van der Waals surface area (Å²) in [6, 6.07) is 19.6. The first-order valence-electron chi connectivity index (χ1n) is 14.4. The highest BCUT2D eigenvalue weighted by Crippen LogP contribution is 2.28. The van der Waals surface area contributed by atoms with Crippen LogP contribution in [0.5, 0.6) is 5.75 Å². The Labute approximate surface area is 271 Å². The summed E-state index contributed by atoms with van der Waals surface area (Å²) in [7, 11) is -4.15. The third-order valence-corrected chi connectivity index (χ3v) is 10.3. The zero-order valence-electron chi connectivity index (χ0n) is 24.3. The van der Waals surface area contributed by atoms with Crippen molar-refractivity contribution in [1.29, 1.82) is 0 Å². The minimum Gasteiger partial charge on any atom is -0.494 e. The molecule has 3 aromatic carbocycles. The number of nitrogens with one attached hydrogen (secondary N) is 1. The summed E-state index contributed by atoms with van der Waals surface area (Å²) in [4.78, 5) is 29.1. The average molecular weight is 736 g/mol. The number of hydrogen-bond donors (Lipinski definition) is 1. The molecule has 0 aliphatic heterocycles. The topological polar surface area (TPSA) is 96.0 Å². The zero-order valence-corrected chi connectivity index (χ0v) is 28.3. The van der Waals surface area contributed by atoms with Gasteiger partial charge in [0.1, 0.15) is 18.3 Å². The van der Waals surface area contributed by atoms with E-state index in [1.165, 1.54) is 17.0 Å². The molecule has 230 valence electrons. The monoisotopic (exact) mass is 733 g/mol. The smallest absolute Gasteiger partial charge is 0.264 e. The van der Waals surface area contributed by atoms with Crippen LogP contribution in [0.3, 0.4) is 0 Å². The van der Waals surface area contributed by atoms with Gasteiger partial charge >= 0.3 is 0 Å². The van der Waals surface area contributed by atoms with Gasteiger partial charge in [-0.05, 0) is 92.9 Å². The molecule has 0 heterocycles. The fourth-order valence-electron chi connectivity index (χ4n) is 5.08. The Hall–Kier alpha value is -2.89. The standard InChI is InChI=1S/C32H37Br2N3O5S/c1-3-42-29-17-15-28(16-18-29)37(43(40,41)30-19-13-26(34)14-20-30)22-31(38)36(21-24-9-11-25(33)12-10-24)23(2)32(39)35-27-7-5-4-6-8-27/h9-20,23,27H,3-8,21-22H2,1-2H3,(H,35,39)/t23-/m0/s1. The third kappa shape index (κ3) is 8.83. The van der Waals surface area contributed by atoms with Crippen molar-refractivity contribution in [3.8, 4) is 5.75 Å². The molecule has 0 bridgehead atoms. The van der Waals surface area contributed by atoms with Crippen LogP contribution in [0, 0.1) is 0 Å². The second-order valence-electron chi connectivity index (χ2n) is 10.6. The lowest BCUT2D eigenvalue weighted by atomic mass is 9.95. The first kappa shape index (κ1) is 33.0. The molecule has 1 aliphatic rings. The van der Waals surface area contributed by atoms with Gasteiger partial charge in [0.25, 0.3) is 10.0 Å². The highest BCUT2D eigenvalue weighted by molar-refractivity contribution is 9.10. The van der Waals surface area contributed by atoms with Gasteiger partial charge in [-0.15, -0.1) is 0 Å². The van der Waals surface area contributed by atoms with Crippen LogP contribution in [0.1, 0.15) is 51.5 Å². The molecule has 0 radical (unpaired) electrons. The fourth-order valence-corrected chi connectivity index (χ4v) is 7.02. The number of halogens is 2. The summed E-state index contributed by atoms with van der Waals surface area (Å²) in [6.45, 7) is 3.66. The highest BCUT2D eigenvalue weighted by atomic mass is 79.9. The van der Waals surface area contributed by atoms with Gasteiger partial charge in [-0.3, -0.25) is 13.9 Å². The Kier molecular flexibility index (Phi) is 11.7. The molecule has 1 N–H and O–H groups in total. The van der Waals surface area contributed by atoms with Gasteiger partial charge in [0, 0.05) is 21.5 Å². The van der Waals surface area contributed by atoms with Gasteiger partial charge in [-0.1, -0.05) is 63.3 Å². The highest BCUT2D eigenvalue weighted by Gasteiger charge is 2.33. The van der Waals surface area contributed by atoms with Crippen LogP contribution in [-0.2, 0) is 26.2 Å². The number of sulfonamides is 1. The van der Waals surface area contributed by atoms with E-state index in [-0.39, 0.29) is 23.4 Å². The number of nitrogens with zero attached hydrogens (tertiary/aromatic N) is 2. The number of amides is 2.